The van der Waals surface area contributed by atoms with E-state index in [4.69, 9.17) is 0 Å². The van der Waals surface area contributed by atoms with Crippen LogP contribution < -0.4 is 0 Å². The summed E-state index contributed by atoms with van der Waals surface area (Å²) in [4.78, 5) is 7.98. The van der Waals surface area contributed by atoms with Crippen molar-refractivity contribution in [3.05, 3.63) is 48.0 Å². The van der Waals surface area contributed by atoms with E-state index in [1.54, 1.807) is 12.3 Å². The van der Waals surface area contributed by atoms with Crippen LogP contribution in [0.25, 0.3) is 0 Å². The van der Waals surface area contributed by atoms with Gasteiger partial charge in [0.15, 0.2) is 0 Å². The topological polar surface area (TPSA) is 24.7 Å². The van der Waals surface area contributed by atoms with E-state index >= 15 is 0 Å². The Morgan fingerprint density at radius 1 is 1.07 bits per heavy atom. The summed E-state index contributed by atoms with van der Waals surface area (Å²) in [5, 5.41) is 0. The second-order valence-corrected chi connectivity index (χ2v) is 2.92. The minimum atomic E-state index is 0.677. The molecule has 0 heterocycles. The van der Waals surface area contributed by atoms with Gasteiger partial charge in [0.05, 0.1) is 13.1 Å². The summed E-state index contributed by atoms with van der Waals surface area (Å²) < 4.78 is 0. The maximum atomic E-state index is 4.16. The normalized spacial score (nSPS) is 10.3. The van der Waals surface area contributed by atoms with Crippen LogP contribution in [0.3, 0.4) is 0 Å². The van der Waals surface area contributed by atoms with Crippen molar-refractivity contribution in [2.75, 3.05) is 0 Å². The summed E-state index contributed by atoms with van der Waals surface area (Å²) in [7, 11) is 0. The molecule has 0 unspecified atom stereocenters. The van der Waals surface area contributed by atoms with Crippen molar-refractivity contribution in [2.45, 2.75) is 13.1 Å². The summed E-state index contributed by atoms with van der Waals surface area (Å²) in [5.41, 5.74) is 2.37. The Morgan fingerprint density at radius 3 is 2.14 bits per heavy atom. The molecule has 0 amide bonds. The van der Waals surface area contributed by atoms with Gasteiger partial charge in [-0.25, -0.2) is 0 Å². The maximum absolute atomic E-state index is 4.16. The lowest BCUT2D eigenvalue weighted by Crippen LogP contribution is -1.84. The summed E-state index contributed by atoms with van der Waals surface area (Å²) in [6.07, 6.45) is 3.38. The molecule has 0 spiro atoms. The van der Waals surface area contributed by atoms with Gasteiger partial charge in [-0.15, -0.1) is 0 Å². The molecule has 2 nitrogen and oxygen atoms in total. The molecule has 72 valence electrons. The quantitative estimate of drug-likeness (QED) is 0.631. The van der Waals surface area contributed by atoms with Crippen LogP contribution in [0, 0.1) is 0 Å². The van der Waals surface area contributed by atoms with Gasteiger partial charge in [0.2, 0.25) is 0 Å². The highest BCUT2D eigenvalue weighted by molar-refractivity contribution is 5.69. The van der Waals surface area contributed by atoms with Gasteiger partial charge in [0.25, 0.3) is 0 Å². The van der Waals surface area contributed by atoms with Crippen molar-refractivity contribution in [1.29, 1.82) is 0 Å². The lowest BCUT2D eigenvalue weighted by molar-refractivity contribution is 1.05. The Bertz CT molecular complexity index is 323. The SMILES string of the molecule is C=C/C=N/Cc1ccc(CN=C)cc1. The molecular formula is C12H14N2. The van der Waals surface area contributed by atoms with Crippen LogP contribution in [0.5, 0.6) is 0 Å². The molecule has 0 aliphatic heterocycles. The summed E-state index contributed by atoms with van der Waals surface area (Å²) in [5.74, 6) is 0. The fourth-order valence-corrected chi connectivity index (χ4v) is 1.11. The first-order valence-electron chi connectivity index (χ1n) is 4.48. The number of rotatable bonds is 5. The van der Waals surface area contributed by atoms with Gasteiger partial charge in [-0.1, -0.05) is 36.9 Å². The lowest BCUT2D eigenvalue weighted by atomic mass is 10.1. The zero-order valence-electron chi connectivity index (χ0n) is 8.19. The molecule has 0 atom stereocenters. The van der Waals surface area contributed by atoms with E-state index in [0.717, 1.165) is 0 Å². The van der Waals surface area contributed by atoms with Crippen LogP contribution in [0.2, 0.25) is 0 Å². The van der Waals surface area contributed by atoms with Gasteiger partial charge in [0.1, 0.15) is 0 Å². The van der Waals surface area contributed by atoms with Gasteiger partial charge < -0.3 is 0 Å². The highest BCUT2D eigenvalue weighted by Gasteiger charge is 1.91. The predicted octanol–water partition coefficient (Wildman–Crippen LogP) is 2.64. The molecule has 1 aromatic carbocycles. The van der Waals surface area contributed by atoms with Gasteiger partial charge >= 0.3 is 0 Å². The van der Waals surface area contributed by atoms with Crippen molar-refractivity contribution >= 4 is 12.9 Å². The number of nitrogens with zero attached hydrogens (tertiary/aromatic N) is 2. The monoisotopic (exact) mass is 186 g/mol. The molecule has 2 heteroatoms. The van der Waals surface area contributed by atoms with E-state index in [-0.39, 0.29) is 0 Å². The lowest BCUT2D eigenvalue weighted by Gasteiger charge is -1.98. The van der Waals surface area contributed by atoms with Crippen LogP contribution in [-0.2, 0) is 13.1 Å². The van der Waals surface area contributed by atoms with E-state index < -0.39 is 0 Å². The Kier molecular flexibility index (Phi) is 4.35. The van der Waals surface area contributed by atoms with E-state index in [2.05, 4.69) is 35.4 Å². The van der Waals surface area contributed by atoms with E-state index in [9.17, 15) is 0 Å². The molecule has 1 aromatic rings. The second kappa shape index (κ2) is 5.86. The molecule has 0 fully saturated rings. The number of aliphatic imine (C=N–C) groups is 2. The third-order valence-corrected chi connectivity index (χ3v) is 1.80. The summed E-state index contributed by atoms with van der Waals surface area (Å²) >= 11 is 0. The Labute approximate surface area is 84.7 Å². The molecule has 1 rings (SSSR count). The average Bonchev–Trinajstić information content (AvgIpc) is 2.21. The molecule has 0 radical (unpaired) electrons. The third-order valence-electron chi connectivity index (χ3n) is 1.80. The minimum Gasteiger partial charge on any atom is -0.296 e. The van der Waals surface area contributed by atoms with Gasteiger partial charge in [0, 0.05) is 6.21 Å². The second-order valence-electron chi connectivity index (χ2n) is 2.92. The molecule has 0 aliphatic carbocycles. The maximum Gasteiger partial charge on any atom is 0.0639 e. The first-order valence-corrected chi connectivity index (χ1v) is 4.48. The van der Waals surface area contributed by atoms with E-state index in [1.165, 1.54) is 11.1 Å². The standard InChI is InChI=1S/C12H14N2/c1-3-8-14-10-12-6-4-11(5-7-12)9-13-2/h3-8H,1-2,9-10H2/b14-8+. The van der Waals surface area contributed by atoms with Crippen LogP contribution in [0.4, 0.5) is 0 Å². The number of allylic oxidation sites excluding steroid dienone is 1. The molecule has 0 bridgehead atoms. The van der Waals surface area contributed by atoms with Crippen molar-refractivity contribution in [2.24, 2.45) is 9.98 Å². The van der Waals surface area contributed by atoms with Gasteiger partial charge in [-0.3, -0.25) is 9.98 Å². The molecule has 0 saturated heterocycles. The minimum absolute atomic E-state index is 0.677. The van der Waals surface area contributed by atoms with Crippen LogP contribution in [0.15, 0.2) is 46.9 Å². The molecule has 14 heavy (non-hydrogen) atoms. The smallest absolute Gasteiger partial charge is 0.0639 e. The van der Waals surface area contributed by atoms with Crippen molar-refractivity contribution in [3.8, 4) is 0 Å². The number of hydrogen-bond donors (Lipinski definition) is 0. The first-order chi connectivity index (χ1) is 6.86. The summed E-state index contributed by atoms with van der Waals surface area (Å²) in [6.45, 7) is 8.40. The van der Waals surface area contributed by atoms with Crippen molar-refractivity contribution < 1.29 is 0 Å². The highest BCUT2D eigenvalue weighted by Crippen LogP contribution is 2.06. The zero-order valence-corrected chi connectivity index (χ0v) is 8.19. The van der Waals surface area contributed by atoms with Gasteiger partial charge in [-0.2, -0.15) is 0 Å². The number of benzene rings is 1. The Morgan fingerprint density at radius 2 is 1.64 bits per heavy atom. The Hall–Kier alpha value is -1.70. The van der Waals surface area contributed by atoms with Crippen molar-refractivity contribution in [1.82, 2.24) is 0 Å². The van der Waals surface area contributed by atoms with Crippen LogP contribution in [-0.4, -0.2) is 12.9 Å². The van der Waals surface area contributed by atoms with Crippen molar-refractivity contribution in [3.63, 3.8) is 0 Å². The number of hydrogen-bond acceptors (Lipinski definition) is 2. The van der Waals surface area contributed by atoms with Crippen LogP contribution >= 0.6 is 0 Å². The average molecular weight is 186 g/mol. The molecular weight excluding hydrogens is 172 g/mol. The molecule has 0 N–H and O–H groups in total. The molecule has 0 aliphatic rings. The largest absolute Gasteiger partial charge is 0.296 e. The van der Waals surface area contributed by atoms with Crippen LogP contribution in [0.1, 0.15) is 11.1 Å². The molecule has 0 aromatic heterocycles. The predicted molar refractivity (Wildman–Crippen MR) is 62.1 cm³/mol. The summed E-state index contributed by atoms with van der Waals surface area (Å²) in [6, 6.07) is 8.21. The fraction of sp³-hybridized carbons (Fsp3) is 0.167. The Balaban J connectivity index is 2.58. The molecule has 0 saturated carbocycles. The fourth-order valence-electron chi connectivity index (χ4n) is 1.11. The van der Waals surface area contributed by atoms with Gasteiger partial charge in [-0.05, 0) is 17.8 Å². The first kappa shape index (κ1) is 10.4. The third kappa shape index (κ3) is 3.35. The zero-order chi connectivity index (χ0) is 10.2. The van der Waals surface area contributed by atoms with E-state index in [1.807, 2.05) is 12.1 Å². The highest BCUT2D eigenvalue weighted by atomic mass is 14.7. The van der Waals surface area contributed by atoms with E-state index in [0.29, 0.717) is 13.1 Å².